The van der Waals surface area contributed by atoms with E-state index in [2.05, 4.69) is 384 Å². The minimum absolute atomic E-state index is 0.0785. The van der Waals surface area contributed by atoms with Crippen LogP contribution >= 0.6 is 0 Å². The van der Waals surface area contributed by atoms with Crippen LogP contribution in [0.15, 0.2) is 218 Å². The molecule has 0 aliphatic carbocycles. The van der Waals surface area contributed by atoms with Crippen LogP contribution in [0.3, 0.4) is 0 Å². The van der Waals surface area contributed by atoms with Crippen molar-refractivity contribution in [2.24, 2.45) is 0 Å². The average molecular weight is 1310 g/mol. The zero-order valence-corrected chi connectivity index (χ0v) is 63.2. The van der Waals surface area contributed by atoms with Gasteiger partial charge in [-0.05, 0) is 217 Å². The lowest BCUT2D eigenvalue weighted by molar-refractivity contribution is 0.568. The summed E-state index contributed by atoms with van der Waals surface area (Å²) in [7, 11) is 0. The van der Waals surface area contributed by atoms with Gasteiger partial charge in [-0.25, -0.2) is 0 Å². The molecule has 11 aromatic carbocycles. The Morgan fingerprint density at radius 2 is 0.640 bits per heavy atom. The van der Waals surface area contributed by atoms with Crippen molar-refractivity contribution in [3.63, 3.8) is 0 Å². The number of hydrogen-bond donors (Lipinski definition) is 0. The van der Waals surface area contributed by atoms with Gasteiger partial charge < -0.3 is 14.4 Å². The third-order valence-corrected chi connectivity index (χ3v) is 21.4. The third kappa shape index (κ3) is 12.1. The normalized spacial score (nSPS) is 13.6. The molecule has 12 aromatic rings. The molecule has 2 aliphatic heterocycles. The Hall–Kier alpha value is -9.63. The molecule has 0 unspecified atom stereocenters. The summed E-state index contributed by atoms with van der Waals surface area (Å²) in [6, 6.07) is 86.8. The van der Waals surface area contributed by atoms with E-state index in [0.29, 0.717) is 5.56 Å². The maximum Gasteiger partial charge on any atom is 0.252 e. The molecule has 0 fully saturated rings. The number of fused-ring (bicyclic) bond motifs is 7. The second-order valence-corrected chi connectivity index (χ2v) is 36.0. The molecular weight excluding hydrogens is 1210 g/mol. The van der Waals surface area contributed by atoms with E-state index >= 15 is 0 Å². The van der Waals surface area contributed by atoms with Crippen molar-refractivity contribution in [1.82, 2.24) is 4.57 Å². The van der Waals surface area contributed by atoms with E-state index in [1.807, 2.05) is 0 Å². The van der Waals surface area contributed by atoms with Crippen LogP contribution in [0.25, 0.3) is 72.0 Å². The zero-order valence-electron chi connectivity index (χ0n) is 63.2. The molecule has 0 saturated carbocycles. The molecule has 3 heterocycles. The van der Waals surface area contributed by atoms with Gasteiger partial charge in [0.25, 0.3) is 6.71 Å². The van der Waals surface area contributed by atoms with Crippen molar-refractivity contribution >= 4 is 79.0 Å². The van der Waals surface area contributed by atoms with E-state index in [4.69, 9.17) is 0 Å². The Morgan fingerprint density at radius 3 is 1.04 bits per heavy atom. The van der Waals surface area contributed by atoms with Gasteiger partial charge in [0.1, 0.15) is 11.6 Å². The molecule has 0 atom stereocenters. The van der Waals surface area contributed by atoms with E-state index in [0.717, 1.165) is 78.7 Å². The lowest BCUT2D eigenvalue weighted by Crippen LogP contribution is -2.61. The third-order valence-electron chi connectivity index (χ3n) is 21.4. The summed E-state index contributed by atoms with van der Waals surface area (Å²) < 4.78 is 2.38. The summed E-state index contributed by atoms with van der Waals surface area (Å²) in [4.78, 5) is 5.12. The van der Waals surface area contributed by atoms with E-state index in [-0.39, 0.29) is 44.6 Å². The molecule has 0 bridgehead atoms. The quantitative estimate of drug-likeness (QED) is 0.149. The summed E-state index contributed by atoms with van der Waals surface area (Å²) in [6.07, 6.45) is 0. The SMILES string of the molecule is CC(C)(C)c1cc(-c2ccc3c(c2)N(c2cc(-c4ccccc4)cc(-c4ccccc4)c2)c2cc(C(C)(C)C)cc4c2B3c2ccc(-c3cc(C(C)(C)C)cc(C(C)(C)C)c3)cc2N4c2cccc(-n3c4ccc(C(C)(C)C)cc4c4cc(C(C)(C)C)ccc43)c2C#N)cc(C(C)(C)C)c1. The van der Waals surface area contributed by atoms with E-state index < -0.39 is 0 Å². The monoisotopic (exact) mass is 1310 g/mol. The second kappa shape index (κ2) is 23.8. The molecule has 1 aromatic heterocycles. The first-order chi connectivity index (χ1) is 46.9. The van der Waals surface area contributed by atoms with Crippen LogP contribution < -0.4 is 26.2 Å². The van der Waals surface area contributed by atoms with Gasteiger partial charge in [-0.1, -0.05) is 285 Å². The fourth-order valence-corrected chi connectivity index (χ4v) is 15.2. The Labute approximate surface area is 597 Å². The number of aromatic nitrogens is 1. The fraction of sp³-hybridized carbons (Fsp3) is 0.295. The van der Waals surface area contributed by atoms with Gasteiger partial charge in [0.05, 0.1) is 22.4 Å². The lowest BCUT2D eigenvalue weighted by Gasteiger charge is -2.45. The highest BCUT2D eigenvalue weighted by atomic mass is 15.2. The predicted octanol–water partition coefficient (Wildman–Crippen LogP) is 24.5. The predicted molar refractivity (Wildman–Crippen MR) is 432 cm³/mol. The molecule has 4 nitrogen and oxygen atoms in total. The lowest BCUT2D eigenvalue weighted by atomic mass is 9.33. The van der Waals surface area contributed by atoms with Gasteiger partial charge in [-0.3, -0.25) is 0 Å². The van der Waals surface area contributed by atoms with Crippen LogP contribution in [0.2, 0.25) is 0 Å². The highest BCUT2D eigenvalue weighted by molar-refractivity contribution is 7.00. The van der Waals surface area contributed by atoms with Gasteiger partial charge >= 0.3 is 0 Å². The smallest absolute Gasteiger partial charge is 0.252 e. The zero-order chi connectivity index (χ0) is 71.3. The molecule has 2 aliphatic rings. The first kappa shape index (κ1) is 67.6. The molecule has 0 amide bonds. The van der Waals surface area contributed by atoms with Crippen LogP contribution in [0.1, 0.15) is 190 Å². The van der Waals surface area contributed by atoms with Gasteiger partial charge in [-0.15, -0.1) is 0 Å². The van der Waals surface area contributed by atoms with Gasteiger partial charge in [0, 0.05) is 39.2 Å². The van der Waals surface area contributed by atoms with Crippen molar-refractivity contribution in [2.45, 2.75) is 183 Å². The van der Waals surface area contributed by atoms with E-state index in [1.165, 1.54) is 82.8 Å². The van der Waals surface area contributed by atoms with Gasteiger partial charge in [0.15, 0.2) is 0 Å². The number of nitrogens with zero attached hydrogens (tertiary/aromatic N) is 4. The summed E-state index contributed by atoms with van der Waals surface area (Å²) in [5.74, 6) is 0. The number of benzene rings is 11. The second-order valence-electron chi connectivity index (χ2n) is 36.0. The Balaban J connectivity index is 1.12. The van der Waals surface area contributed by atoms with Crippen LogP contribution in [-0.4, -0.2) is 11.3 Å². The first-order valence-electron chi connectivity index (χ1n) is 36.2. The molecule has 100 heavy (non-hydrogen) atoms. The summed E-state index contributed by atoms with van der Waals surface area (Å²) >= 11 is 0. The van der Waals surface area contributed by atoms with Gasteiger partial charge in [0.2, 0.25) is 0 Å². The molecule has 0 N–H and O–H groups in total. The molecular formula is C95H99BN4. The van der Waals surface area contributed by atoms with Crippen LogP contribution in [0.5, 0.6) is 0 Å². The number of hydrogen-bond acceptors (Lipinski definition) is 3. The van der Waals surface area contributed by atoms with Crippen molar-refractivity contribution in [1.29, 1.82) is 5.26 Å². The molecule has 5 heteroatoms. The molecule has 0 saturated heterocycles. The summed E-state index contributed by atoms with van der Waals surface area (Å²) in [5, 5.41) is 14.8. The number of anilines is 6. The van der Waals surface area contributed by atoms with Crippen molar-refractivity contribution in [2.75, 3.05) is 9.80 Å². The standard InChI is InChI=1S/C95H99BN4/c1-89(2,3)67-37-41-82-75(54-67)76-55-68(90(4,5)6)38-42-83(76)99(82)80-33-28-34-81(77(80)58-97)100-85-51-62(66-46-71(93(13,14)15)53-72(47-66)94(16,17)18)36-40-79(85)96-78-39-35-61(65-44-69(91(7,8)9)52-70(45-65)92(10,11)12)50-84(78)98(86-56-73(95(19,20)21)57-87(100)88(86)96)74-48-63(59-29-24-22-25-30-59)43-64(49-74)60-31-26-23-27-32-60/h22-57H,1-21H3. The fourth-order valence-electron chi connectivity index (χ4n) is 15.2. The van der Waals surface area contributed by atoms with Crippen molar-refractivity contribution in [3.8, 4) is 56.3 Å². The first-order valence-corrected chi connectivity index (χ1v) is 36.2. The van der Waals surface area contributed by atoms with Crippen LogP contribution in [0.4, 0.5) is 34.1 Å². The summed E-state index contributed by atoms with van der Waals surface area (Å²) in [5.41, 5.74) is 30.9. The topological polar surface area (TPSA) is 35.2 Å². The van der Waals surface area contributed by atoms with E-state index in [1.54, 1.807) is 0 Å². The maximum atomic E-state index is 12.5. The summed E-state index contributed by atoms with van der Waals surface area (Å²) in [6.45, 7) is 48.6. The largest absolute Gasteiger partial charge is 0.311 e. The van der Waals surface area contributed by atoms with Crippen molar-refractivity contribution in [3.05, 3.63) is 263 Å². The molecule has 502 valence electrons. The Morgan fingerprint density at radius 1 is 0.270 bits per heavy atom. The molecule has 0 spiro atoms. The highest BCUT2D eigenvalue weighted by Crippen LogP contribution is 2.51. The Kier molecular flexibility index (Phi) is 16.1. The minimum atomic E-state index is -0.322. The number of nitriles is 1. The Bertz CT molecular complexity index is 5100. The van der Waals surface area contributed by atoms with Gasteiger partial charge in [-0.2, -0.15) is 5.26 Å². The highest BCUT2D eigenvalue weighted by Gasteiger charge is 2.45. The van der Waals surface area contributed by atoms with Crippen molar-refractivity contribution < 1.29 is 0 Å². The van der Waals surface area contributed by atoms with Crippen LogP contribution in [0, 0.1) is 11.3 Å². The van der Waals surface area contributed by atoms with E-state index in [9.17, 15) is 5.26 Å². The minimum Gasteiger partial charge on any atom is -0.311 e. The van der Waals surface area contributed by atoms with Crippen LogP contribution in [-0.2, 0) is 37.9 Å². The maximum absolute atomic E-state index is 12.5. The number of rotatable bonds is 7. The average Bonchev–Trinajstić information content (AvgIpc) is 0.722. The molecule has 14 rings (SSSR count). The molecule has 0 radical (unpaired) electrons.